The van der Waals surface area contributed by atoms with Crippen LogP contribution in [0.1, 0.15) is 10.5 Å². The number of nitrogens with zero attached hydrogens (tertiary/aromatic N) is 2. The summed E-state index contributed by atoms with van der Waals surface area (Å²) in [5.41, 5.74) is 0.102. The average molecular weight is 148 g/mol. The number of carbonyl (C=O) groups is 1. The zero-order valence-corrected chi connectivity index (χ0v) is 5.52. The van der Waals surface area contributed by atoms with E-state index in [0.29, 0.717) is 0 Å². The van der Waals surface area contributed by atoms with Crippen molar-refractivity contribution in [3.05, 3.63) is 24.3 Å². The van der Waals surface area contributed by atoms with Gasteiger partial charge in [0.25, 0.3) is 0 Å². The van der Waals surface area contributed by atoms with Gasteiger partial charge in [0.15, 0.2) is 5.69 Å². The van der Waals surface area contributed by atoms with E-state index in [-0.39, 0.29) is 5.69 Å². The van der Waals surface area contributed by atoms with Crippen LogP contribution in [0.5, 0.6) is 0 Å². The van der Waals surface area contributed by atoms with Crippen LogP contribution in [0.4, 0.5) is 0 Å². The standard InChI is InChI=1S/C7H4N2O2/c1-2-11-7(10)6-5-8-3-4-9-6/h1,3-5H. The lowest BCUT2D eigenvalue weighted by Gasteiger charge is -1.92. The summed E-state index contributed by atoms with van der Waals surface area (Å²) in [7, 11) is 0. The Labute approximate surface area is 63.2 Å². The van der Waals surface area contributed by atoms with Crippen molar-refractivity contribution < 1.29 is 9.53 Å². The smallest absolute Gasteiger partial charge is 0.368 e. The fourth-order valence-corrected chi connectivity index (χ4v) is 0.510. The highest BCUT2D eigenvalue weighted by Gasteiger charge is 2.05. The van der Waals surface area contributed by atoms with Gasteiger partial charge >= 0.3 is 5.97 Å². The molecule has 0 saturated heterocycles. The zero-order valence-electron chi connectivity index (χ0n) is 5.52. The van der Waals surface area contributed by atoms with Gasteiger partial charge in [-0.05, 0) is 0 Å². The van der Waals surface area contributed by atoms with Crippen molar-refractivity contribution in [2.24, 2.45) is 0 Å². The van der Waals surface area contributed by atoms with Gasteiger partial charge in [0, 0.05) is 12.4 Å². The van der Waals surface area contributed by atoms with Gasteiger partial charge in [-0.1, -0.05) is 6.42 Å². The summed E-state index contributed by atoms with van der Waals surface area (Å²) < 4.78 is 4.21. The van der Waals surface area contributed by atoms with Crippen molar-refractivity contribution in [2.75, 3.05) is 0 Å². The van der Waals surface area contributed by atoms with Gasteiger partial charge in [0.1, 0.15) is 6.11 Å². The Balaban J connectivity index is 2.79. The van der Waals surface area contributed by atoms with Crippen LogP contribution < -0.4 is 0 Å². The molecule has 11 heavy (non-hydrogen) atoms. The maximum Gasteiger partial charge on any atom is 0.372 e. The minimum Gasteiger partial charge on any atom is -0.368 e. The fourth-order valence-electron chi connectivity index (χ4n) is 0.510. The Hall–Kier alpha value is -1.89. The molecule has 4 heteroatoms. The Bertz CT molecular complexity index is 289. The van der Waals surface area contributed by atoms with Crippen LogP contribution in [0, 0.1) is 12.5 Å². The molecule has 0 aliphatic heterocycles. The van der Waals surface area contributed by atoms with E-state index in [4.69, 9.17) is 6.42 Å². The lowest BCUT2D eigenvalue weighted by Crippen LogP contribution is -2.03. The van der Waals surface area contributed by atoms with Crippen molar-refractivity contribution in [1.82, 2.24) is 9.97 Å². The number of aromatic nitrogens is 2. The van der Waals surface area contributed by atoms with Crippen LogP contribution >= 0.6 is 0 Å². The van der Waals surface area contributed by atoms with E-state index in [0.717, 1.165) is 0 Å². The SMILES string of the molecule is C#COC(=O)c1cnccn1. The van der Waals surface area contributed by atoms with Crippen LogP contribution in [0.25, 0.3) is 0 Å². The van der Waals surface area contributed by atoms with Crippen LogP contribution in [-0.4, -0.2) is 15.9 Å². The molecule has 1 aromatic rings. The Morgan fingerprint density at radius 2 is 2.45 bits per heavy atom. The molecule has 0 aliphatic carbocycles. The first-order chi connectivity index (χ1) is 5.34. The number of hydrogen-bond acceptors (Lipinski definition) is 4. The molecule has 0 unspecified atom stereocenters. The van der Waals surface area contributed by atoms with E-state index in [1.165, 1.54) is 18.6 Å². The quantitative estimate of drug-likeness (QED) is 0.422. The molecule has 0 amide bonds. The van der Waals surface area contributed by atoms with Gasteiger partial charge in [-0.2, -0.15) is 0 Å². The van der Waals surface area contributed by atoms with Crippen LogP contribution in [0.2, 0.25) is 0 Å². The number of ether oxygens (including phenoxy) is 1. The molecule has 1 rings (SSSR count). The lowest BCUT2D eigenvalue weighted by molar-refractivity contribution is 0.0684. The largest absolute Gasteiger partial charge is 0.372 e. The third kappa shape index (κ3) is 1.76. The molecule has 54 valence electrons. The summed E-state index contributed by atoms with van der Waals surface area (Å²) in [4.78, 5) is 18.1. The summed E-state index contributed by atoms with van der Waals surface area (Å²) in [5, 5.41) is 0. The summed E-state index contributed by atoms with van der Waals surface area (Å²) in [6, 6.07) is 0. The normalized spacial score (nSPS) is 8.27. The molecule has 0 spiro atoms. The molecule has 0 aliphatic rings. The summed E-state index contributed by atoms with van der Waals surface area (Å²) in [6.45, 7) is 0. The number of rotatable bonds is 1. The summed E-state index contributed by atoms with van der Waals surface area (Å²) in [6.07, 6.45) is 10.6. The average Bonchev–Trinajstić information content (AvgIpc) is 2.07. The molecule has 0 aromatic carbocycles. The van der Waals surface area contributed by atoms with Crippen molar-refractivity contribution in [1.29, 1.82) is 0 Å². The van der Waals surface area contributed by atoms with E-state index < -0.39 is 5.97 Å². The number of hydrogen-bond donors (Lipinski definition) is 0. The van der Waals surface area contributed by atoms with Gasteiger partial charge in [-0.15, -0.1) is 0 Å². The van der Waals surface area contributed by atoms with E-state index in [9.17, 15) is 4.79 Å². The van der Waals surface area contributed by atoms with Crippen molar-refractivity contribution in [2.45, 2.75) is 0 Å². The minimum absolute atomic E-state index is 0.102. The van der Waals surface area contributed by atoms with Gasteiger partial charge in [-0.3, -0.25) is 4.98 Å². The van der Waals surface area contributed by atoms with Gasteiger partial charge in [-0.25, -0.2) is 9.78 Å². The molecule has 0 atom stereocenters. The molecule has 1 heterocycles. The maximum absolute atomic E-state index is 10.8. The maximum atomic E-state index is 10.8. The second kappa shape index (κ2) is 3.32. The lowest BCUT2D eigenvalue weighted by atomic mass is 10.5. The first kappa shape index (κ1) is 7.22. The number of carbonyl (C=O) groups excluding carboxylic acids is 1. The van der Waals surface area contributed by atoms with Crippen LogP contribution in [-0.2, 0) is 4.74 Å². The summed E-state index contributed by atoms with van der Waals surface area (Å²) >= 11 is 0. The third-order valence-electron chi connectivity index (χ3n) is 0.924. The Kier molecular flexibility index (Phi) is 2.18. The molecule has 0 fully saturated rings. The van der Waals surface area contributed by atoms with Gasteiger partial charge < -0.3 is 4.74 Å². The van der Waals surface area contributed by atoms with Crippen molar-refractivity contribution in [3.8, 4) is 12.5 Å². The topological polar surface area (TPSA) is 52.1 Å². The van der Waals surface area contributed by atoms with Crippen molar-refractivity contribution in [3.63, 3.8) is 0 Å². The minimum atomic E-state index is -0.666. The number of terminal acetylenes is 1. The second-order valence-electron chi connectivity index (χ2n) is 1.60. The van der Waals surface area contributed by atoms with E-state index in [2.05, 4.69) is 14.7 Å². The molecule has 0 bridgehead atoms. The predicted molar refractivity (Wildman–Crippen MR) is 36.3 cm³/mol. The fraction of sp³-hybridized carbons (Fsp3) is 0. The highest BCUT2D eigenvalue weighted by Crippen LogP contribution is 1.92. The highest BCUT2D eigenvalue weighted by molar-refractivity contribution is 5.87. The molecule has 4 nitrogen and oxygen atoms in total. The molecule has 0 saturated carbocycles. The van der Waals surface area contributed by atoms with Crippen LogP contribution in [0.15, 0.2) is 18.6 Å². The van der Waals surface area contributed by atoms with Gasteiger partial charge in [0.2, 0.25) is 0 Å². The van der Waals surface area contributed by atoms with Crippen LogP contribution in [0.3, 0.4) is 0 Å². The molecule has 0 N–H and O–H groups in total. The summed E-state index contributed by atoms with van der Waals surface area (Å²) in [5.74, 6) is -0.666. The van der Waals surface area contributed by atoms with Crippen molar-refractivity contribution >= 4 is 5.97 Å². The van der Waals surface area contributed by atoms with Gasteiger partial charge in [0.05, 0.1) is 6.20 Å². The number of esters is 1. The highest BCUT2D eigenvalue weighted by atomic mass is 16.5. The molecule has 0 radical (unpaired) electrons. The third-order valence-corrected chi connectivity index (χ3v) is 0.924. The predicted octanol–water partition coefficient (Wildman–Crippen LogP) is 0.224. The van der Waals surface area contributed by atoms with E-state index >= 15 is 0 Å². The first-order valence-electron chi connectivity index (χ1n) is 2.77. The Morgan fingerprint density at radius 1 is 1.64 bits per heavy atom. The van der Waals surface area contributed by atoms with E-state index in [1.54, 1.807) is 6.11 Å². The molecular weight excluding hydrogens is 144 g/mol. The first-order valence-corrected chi connectivity index (χ1v) is 2.77. The molecule has 1 aromatic heterocycles. The Morgan fingerprint density at radius 3 is 3.00 bits per heavy atom. The zero-order chi connectivity index (χ0) is 8.10. The van der Waals surface area contributed by atoms with E-state index in [1.807, 2.05) is 0 Å². The monoisotopic (exact) mass is 148 g/mol. The molecular formula is C7H4N2O2. The second-order valence-corrected chi connectivity index (χ2v) is 1.60.